The van der Waals surface area contributed by atoms with Crippen LogP contribution in [0.25, 0.3) is 0 Å². The lowest BCUT2D eigenvalue weighted by Crippen LogP contribution is -2.46. The lowest BCUT2D eigenvalue weighted by Gasteiger charge is -2.30. The van der Waals surface area contributed by atoms with Crippen LogP contribution < -0.4 is 10.2 Å². The number of phosphoric ester groups is 1. The third-order valence-electron chi connectivity index (χ3n) is 14.4. The van der Waals surface area contributed by atoms with Gasteiger partial charge in [-0.05, 0) is 51.4 Å². The van der Waals surface area contributed by atoms with E-state index < -0.39 is 20.0 Å². The first kappa shape index (κ1) is 70.7. The highest BCUT2D eigenvalue weighted by molar-refractivity contribution is 7.45. The van der Waals surface area contributed by atoms with Crippen LogP contribution in [-0.2, 0) is 18.4 Å². The molecule has 3 atom stereocenters. The van der Waals surface area contributed by atoms with Gasteiger partial charge in [-0.1, -0.05) is 288 Å². The minimum Gasteiger partial charge on any atom is -0.756 e. The van der Waals surface area contributed by atoms with Crippen LogP contribution >= 0.6 is 7.82 Å². The summed E-state index contributed by atoms with van der Waals surface area (Å²) in [4.78, 5) is 25.6. The molecule has 0 aromatic rings. The minimum absolute atomic E-state index is 0.0125. The Morgan fingerprint density at radius 2 is 0.806 bits per heavy atom. The van der Waals surface area contributed by atoms with E-state index >= 15 is 0 Å². The van der Waals surface area contributed by atoms with E-state index in [-0.39, 0.29) is 19.1 Å². The Hall–Kier alpha value is -1.28. The summed E-state index contributed by atoms with van der Waals surface area (Å²) in [5.41, 5.74) is 0. The predicted octanol–water partition coefficient (Wildman–Crippen LogP) is 18.7. The number of quaternary nitrogens is 1. The van der Waals surface area contributed by atoms with Crippen LogP contribution in [-0.4, -0.2) is 68.5 Å². The van der Waals surface area contributed by atoms with E-state index in [1.807, 2.05) is 21.1 Å². The summed E-state index contributed by atoms with van der Waals surface area (Å²) in [5.74, 6) is -0.163. The first-order valence-electron chi connectivity index (χ1n) is 31.3. The van der Waals surface area contributed by atoms with E-state index in [1.165, 1.54) is 231 Å². The van der Waals surface area contributed by atoms with Crippen molar-refractivity contribution in [1.82, 2.24) is 5.32 Å². The molecule has 0 saturated heterocycles. The second-order valence-electron chi connectivity index (χ2n) is 22.8. The summed E-state index contributed by atoms with van der Waals surface area (Å²) in [5, 5.41) is 14.1. The fourth-order valence-corrected chi connectivity index (χ4v) is 10.2. The molecule has 8 nitrogen and oxygen atoms in total. The van der Waals surface area contributed by atoms with Crippen molar-refractivity contribution in [2.75, 3.05) is 40.9 Å². The largest absolute Gasteiger partial charge is 0.756 e. The van der Waals surface area contributed by atoms with Crippen LogP contribution in [0.2, 0.25) is 0 Å². The molecule has 0 aromatic carbocycles. The van der Waals surface area contributed by atoms with E-state index in [4.69, 9.17) is 9.05 Å². The van der Waals surface area contributed by atoms with Gasteiger partial charge in [0.15, 0.2) is 0 Å². The molecule has 0 bridgehead atoms. The molecule has 0 aromatic heterocycles. The van der Waals surface area contributed by atoms with E-state index in [1.54, 1.807) is 0 Å². The molecule has 0 rings (SSSR count). The number of carbonyl (C=O) groups is 1. The molecule has 0 fully saturated rings. The van der Waals surface area contributed by atoms with Gasteiger partial charge in [-0.2, -0.15) is 0 Å². The molecule has 426 valence electrons. The SMILES string of the molecule is CCCCCCC/C=C\C/C=C\C/C=C\CCCCCCCCCCCCCCC(=O)NC(COP(=O)([O-])OCC[N+](C)(C)C)C(O)CCCCCCCCCCCCCCCCCCCCCCCCC. The lowest BCUT2D eigenvalue weighted by molar-refractivity contribution is -0.870. The topological polar surface area (TPSA) is 108 Å². The first-order valence-corrected chi connectivity index (χ1v) is 32.8. The Bertz CT molecular complexity index is 1270. The molecule has 3 unspecified atom stereocenters. The molecular formula is C63H123N2O6P. The highest BCUT2D eigenvalue weighted by Crippen LogP contribution is 2.38. The Morgan fingerprint density at radius 3 is 1.17 bits per heavy atom. The van der Waals surface area contributed by atoms with Gasteiger partial charge in [0.2, 0.25) is 5.91 Å². The maximum Gasteiger partial charge on any atom is 0.268 e. The lowest BCUT2D eigenvalue weighted by atomic mass is 10.0. The Balaban J connectivity index is 4.11. The number of nitrogens with zero attached hydrogens (tertiary/aromatic N) is 1. The second-order valence-corrected chi connectivity index (χ2v) is 24.2. The standard InChI is InChI=1S/C63H123N2O6P/c1-6-8-10-12-14-16-18-20-22-24-26-28-30-31-32-33-35-37-39-41-43-45-47-49-51-53-55-57-63(67)64-61(60-71-72(68,69)70-59-58-65(3,4)5)62(66)56-54-52-50-48-46-44-42-40-38-36-34-29-27-25-23-21-19-17-15-13-11-9-7-2/h18,20,24,26,30-31,61-62,66H,6-17,19,21-23,25,27-29,32-60H2,1-5H3,(H-,64,67,68,69)/b20-18-,26-24-,31-30-. The van der Waals surface area contributed by atoms with Crippen LogP contribution in [0.5, 0.6) is 0 Å². The van der Waals surface area contributed by atoms with Crippen LogP contribution in [0.1, 0.15) is 309 Å². The summed E-state index contributed by atoms with van der Waals surface area (Å²) in [6, 6.07) is -0.803. The number of likely N-dealkylation sites (N-methyl/N-ethyl adjacent to an activating group) is 1. The van der Waals surface area contributed by atoms with Crippen molar-refractivity contribution in [1.29, 1.82) is 0 Å². The van der Waals surface area contributed by atoms with Crippen molar-refractivity contribution < 1.29 is 32.9 Å². The van der Waals surface area contributed by atoms with Gasteiger partial charge >= 0.3 is 0 Å². The number of hydrogen-bond donors (Lipinski definition) is 2. The fourth-order valence-electron chi connectivity index (χ4n) is 9.46. The van der Waals surface area contributed by atoms with Crippen LogP contribution in [0, 0.1) is 0 Å². The average molecular weight is 1040 g/mol. The molecule has 0 heterocycles. The molecule has 0 spiro atoms. The van der Waals surface area contributed by atoms with Gasteiger partial charge in [-0.25, -0.2) is 0 Å². The number of phosphoric acid groups is 1. The highest BCUT2D eigenvalue weighted by atomic mass is 31.2. The van der Waals surface area contributed by atoms with Gasteiger partial charge in [0.1, 0.15) is 13.2 Å². The molecule has 0 aliphatic carbocycles. The van der Waals surface area contributed by atoms with Gasteiger partial charge < -0.3 is 28.8 Å². The van der Waals surface area contributed by atoms with Crippen molar-refractivity contribution in [3.8, 4) is 0 Å². The molecule has 0 radical (unpaired) electrons. The summed E-state index contributed by atoms with van der Waals surface area (Å²) < 4.78 is 23.5. The molecule has 1 amide bonds. The average Bonchev–Trinajstić information content (AvgIpc) is 3.34. The van der Waals surface area contributed by atoms with E-state index in [2.05, 4.69) is 55.6 Å². The third-order valence-corrected chi connectivity index (χ3v) is 15.3. The van der Waals surface area contributed by atoms with Gasteiger partial charge in [-0.3, -0.25) is 9.36 Å². The quantitative estimate of drug-likeness (QED) is 0.0272. The zero-order valence-electron chi connectivity index (χ0n) is 48.6. The van der Waals surface area contributed by atoms with Gasteiger partial charge in [0.25, 0.3) is 7.82 Å². The molecule has 72 heavy (non-hydrogen) atoms. The number of aliphatic hydroxyl groups is 1. The zero-order valence-corrected chi connectivity index (χ0v) is 49.5. The predicted molar refractivity (Wildman–Crippen MR) is 311 cm³/mol. The number of carbonyl (C=O) groups excluding carboxylic acids is 1. The number of unbranched alkanes of at least 4 members (excludes halogenated alkanes) is 39. The van der Waals surface area contributed by atoms with E-state index in [0.29, 0.717) is 23.9 Å². The fraction of sp³-hybridized carbons (Fsp3) is 0.889. The summed E-state index contributed by atoms with van der Waals surface area (Å²) in [7, 11) is 1.31. The van der Waals surface area contributed by atoms with E-state index in [0.717, 1.165) is 51.4 Å². The first-order chi connectivity index (χ1) is 35.0. The smallest absolute Gasteiger partial charge is 0.268 e. The third kappa shape index (κ3) is 56.4. The molecular weight excluding hydrogens is 912 g/mol. The van der Waals surface area contributed by atoms with Crippen molar-refractivity contribution in [3.05, 3.63) is 36.5 Å². The maximum atomic E-state index is 13.0. The molecule has 9 heteroatoms. The van der Waals surface area contributed by atoms with Crippen molar-refractivity contribution in [2.24, 2.45) is 0 Å². The number of hydrogen-bond acceptors (Lipinski definition) is 6. The van der Waals surface area contributed by atoms with Crippen molar-refractivity contribution >= 4 is 13.7 Å². The maximum absolute atomic E-state index is 13.0. The second kappa shape index (κ2) is 54.5. The summed E-state index contributed by atoms with van der Waals surface area (Å²) >= 11 is 0. The molecule has 2 N–H and O–H groups in total. The Kier molecular flexibility index (Phi) is 53.5. The molecule has 0 aliphatic rings. The highest BCUT2D eigenvalue weighted by Gasteiger charge is 2.24. The van der Waals surface area contributed by atoms with Crippen LogP contribution in [0.15, 0.2) is 36.5 Å². The minimum atomic E-state index is -4.58. The number of rotatable bonds is 58. The van der Waals surface area contributed by atoms with Gasteiger partial charge in [-0.15, -0.1) is 0 Å². The number of aliphatic hydroxyl groups excluding tert-OH is 1. The van der Waals surface area contributed by atoms with Crippen LogP contribution in [0.4, 0.5) is 0 Å². The molecule has 0 aliphatic heterocycles. The van der Waals surface area contributed by atoms with Crippen LogP contribution in [0.3, 0.4) is 0 Å². The van der Waals surface area contributed by atoms with Crippen molar-refractivity contribution in [2.45, 2.75) is 321 Å². The monoisotopic (exact) mass is 1030 g/mol. The number of nitrogens with one attached hydrogen (secondary N) is 1. The normalized spacial score (nSPS) is 14.0. The zero-order chi connectivity index (χ0) is 52.7. The molecule has 0 saturated carbocycles. The van der Waals surface area contributed by atoms with E-state index in [9.17, 15) is 19.4 Å². The summed E-state index contributed by atoms with van der Waals surface area (Å²) in [6.07, 6.45) is 70.4. The summed E-state index contributed by atoms with van der Waals surface area (Å²) in [6.45, 7) is 4.75. The van der Waals surface area contributed by atoms with Gasteiger partial charge in [0.05, 0.1) is 39.9 Å². The number of amides is 1. The van der Waals surface area contributed by atoms with Gasteiger partial charge in [0, 0.05) is 6.42 Å². The number of allylic oxidation sites excluding steroid dienone is 6. The Morgan fingerprint density at radius 1 is 0.486 bits per heavy atom. The Labute approximate surface area is 448 Å². The van der Waals surface area contributed by atoms with Crippen molar-refractivity contribution in [3.63, 3.8) is 0 Å².